The van der Waals surface area contributed by atoms with Crippen molar-refractivity contribution in [1.29, 1.82) is 0 Å². The number of para-hydroxylation sites is 1. The molecule has 0 aliphatic carbocycles. The molecule has 0 atom stereocenters. The highest BCUT2D eigenvalue weighted by molar-refractivity contribution is 6.21. The van der Waals surface area contributed by atoms with Gasteiger partial charge in [-0.2, -0.15) is 0 Å². The van der Waals surface area contributed by atoms with E-state index >= 15 is 0 Å². The second-order valence-electron chi connectivity index (χ2n) is 6.38. The number of benzene rings is 2. The van der Waals surface area contributed by atoms with Gasteiger partial charge in [-0.1, -0.05) is 50.5 Å². The molecule has 0 amide bonds. The van der Waals surface area contributed by atoms with Gasteiger partial charge in [0.1, 0.15) is 5.75 Å². The van der Waals surface area contributed by atoms with Gasteiger partial charge in [0.2, 0.25) is 0 Å². The van der Waals surface area contributed by atoms with Gasteiger partial charge in [-0.05, 0) is 36.3 Å². The lowest BCUT2D eigenvalue weighted by Gasteiger charge is -2.12. The number of aliphatic carboxylic acids is 1. The lowest BCUT2D eigenvalue weighted by Crippen LogP contribution is -2.02. The summed E-state index contributed by atoms with van der Waals surface area (Å²) < 4.78 is 16.4. The quantitative estimate of drug-likeness (QED) is 0.324. The van der Waals surface area contributed by atoms with Gasteiger partial charge in [0.15, 0.2) is 11.5 Å². The molecule has 0 unspecified atom stereocenters. The van der Waals surface area contributed by atoms with Crippen molar-refractivity contribution in [3.63, 3.8) is 0 Å². The smallest absolute Gasteiger partial charge is 0.336 e. The molecule has 150 valence electrons. The summed E-state index contributed by atoms with van der Waals surface area (Å²) in [6.45, 7) is 2.78. The van der Waals surface area contributed by atoms with Crippen molar-refractivity contribution < 1.29 is 24.1 Å². The number of ether oxygens (including phenoxy) is 3. The number of carbonyl (C=O) groups is 1. The molecule has 5 heteroatoms. The number of carboxylic acid groups (broad SMARTS) is 1. The summed E-state index contributed by atoms with van der Waals surface area (Å²) in [7, 11) is 3.06. The summed E-state index contributed by atoms with van der Waals surface area (Å²) in [4.78, 5) is 11.9. The minimum absolute atomic E-state index is 0.156. The highest BCUT2D eigenvalue weighted by Crippen LogP contribution is 2.32. The van der Waals surface area contributed by atoms with Crippen LogP contribution in [0, 0.1) is 0 Å². The third kappa shape index (κ3) is 5.78. The Kier molecular flexibility index (Phi) is 8.40. The zero-order chi connectivity index (χ0) is 20.4. The van der Waals surface area contributed by atoms with Crippen LogP contribution in [0.25, 0.3) is 11.6 Å². The maximum absolute atomic E-state index is 11.9. The average molecular weight is 384 g/mol. The van der Waals surface area contributed by atoms with E-state index in [0.29, 0.717) is 29.4 Å². The molecule has 0 heterocycles. The second kappa shape index (κ2) is 11.0. The van der Waals surface area contributed by atoms with Crippen LogP contribution in [0.3, 0.4) is 0 Å². The summed E-state index contributed by atoms with van der Waals surface area (Å²) >= 11 is 0. The zero-order valence-electron chi connectivity index (χ0n) is 16.7. The largest absolute Gasteiger partial charge is 0.493 e. The van der Waals surface area contributed by atoms with Gasteiger partial charge in [-0.3, -0.25) is 0 Å². The molecule has 0 aliphatic rings. The minimum Gasteiger partial charge on any atom is -0.493 e. The van der Waals surface area contributed by atoms with Crippen molar-refractivity contribution in [3.05, 3.63) is 53.6 Å². The number of hydrogen-bond donors (Lipinski definition) is 1. The predicted octanol–water partition coefficient (Wildman–Crippen LogP) is 5.29. The normalized spacial score (nSPS) is 11.2. The Morgan fingerprint density at radius 3 is 2.39 bits per heavy atom. The van der Waals surface area contributed by atoms with E-state index in [-0.39, 0.29) is 5.57 Å². The fourth-order valence-corrected chi connectivity index (χ4v) is 2.87. The summed E-state index contributed by atoms with van der Waals surface area (Å²) in [5.41, 5.74) is 1.41. The molecule has 2 aromatic carbocycles. The third-order valence-corrected chi connectivity index (χ3v) is 4.40. The molecule has 0 bridgehead atoms. The lowest BCUT2D eigenvalue weighted by atomic mass is 10.0. The molecule has 2 rings (SSSR count). The summed E-state index contributed by atoms with van der Waals surface area (Å²) in [6, 6.07) is 12.5. The monoisotopic (exact) mass is 384 g/mol. The van der Waals surface area contributed by atoms with Crippen LogP contribution in [0.5, 0.6) is 17.2 Å². The van der Waals surface area contributed by atoms with Gasteiger partial charge in [0, 0.05) is 5.56 Å². The Bertz CT molecular complexity index is 810. The first-order chi connectivity index (χ1) is 13.6. The van der Waals surface area contributed by atoms with E-state index in [9.17, 15) is 9.90 Å². The number of carboxylic acids is 1. The Labute approximate surface area is 166 Å². The Morgan fingerprint density at radius 1 is 0.964 bits per heavy atom. The molecular weight excluding hydrogens is 356 g/mol. The van der Waals surface area contributed by atoms with Crippen LogP contribution in [0.1, 0.15) is 43.7 Å². The van der Waals surface area contributed by atoms with Crippen molar-refractivity contribution in [2.75, 3.05) is 20.8 Å². The molecule has 2 aromatic rings. The van der Waals surface area contributed by atoms with Crippen LogP contribution in [0.4, 0.5) is 0 Å². The van der Waals surface area contributed by atoms with E-state index in [1.807, 2.05) is 24.3 Å². The van der Waals surface area contributed by atoms with Gasteiger partial charge in [0.05, 0.1) is 26.4 Å². The zero-order valence-corrected chi connectivity index (χ0v) is 16.7. The van der Waals surface area contributed by atoms with Crippen molar-refractivity contribution >= 4 is 17.6 Å². The van der Waals surface area contributed by atoms with Crippen molar-refractivity contribution in [3.8, 4) is 17.2 Å². The lowest BCUT2D eigenvalue weighted by molar-refractivity contribution is -0.130. The van der Waals surface area contributed by atoms with Crippen LogP contribution in [0.2, 0.25) is 0 Å². The maximum Gasteiger partial charge on any atom is 0.336 e. The molecule has 0 aromatic heterocycles. The molecule has 1 N–H and O–H groups in total. The van der Waals surface area contributed by atoms with Gasteiger partial charge in [0.25, 0.3) is 0 Å². The van der Waals surface area contributed by atoms with Crippen LogP contribution < -0.4 is 14.2 Å². The van der Waals surface area contributed by atoms with E-state index in [1.54, 1.807) is 31.4 Å². The van der Waals surface area contributed by atoms with Crippen molar-refractivity contribution in [2.24, 2.45) is 0 Å². The molecule has 0 aliphatic heterocycles. The van der Waals surface area contributed by atoms with Crippen LogP contribution in [-0.4, -0.2) is 31.9 Å². The topological polar surface area (TPSA) is 65.0 Å². The Morgan fingerprint density at radius 2 is 1.71 bits per heavy atom. The van der Waals surface area contributed by atoms with Crippen LogP contribution in [-0.2, 0) is 4.79 Å². The van der Waals surface area contributed by atoms with Gasteiger partial charge in [-0.15, -0.1) is 0 Å². The average Bonchev–Trinajstić information content (AvgIpc) is 2.72. The fourth-order valence-electron chi connectivity index (χ4n) is 2.87. The number of rotatable bonds is 11. The molecule has 0 saturated carbocycles. The van der Waals surface area contributed by atoms with Crippen molar-refractivity contribution in [1.82, 2.24) is 0 Å². The SMILES string of the molecule is CCCCCCOc1ccccc1/C=C(\C(=O)O)c1ccc(OC)c(OC)c1. The van der Waals surface area contributed by atoms with E-state index in [1.165, 1.54) is 20.0 Å². The second-order valence-corrected chi connectivity index (χ2v) is 6.38. The van der Waals surface area contributed by atoms with Crippen LogP contribution >= 0.6 is 0 Å². The standard InChI is InChI=1S/C23H28O5/c1-4-5-6-9-14-28-20-11-8-7-10-18(20)15-19(23(24)25)17-12-13-21(26-2)22(16-17)27-3/h7-8,10-13,15-16H,4-6,9,14H2,1-3H3,(H,24,25)/b19-15-. The van der Waals surface area contributed by atoms with Gasteiger partial charge in [-0.25, -0.2) is 4.79 Å². The molecular formula is C23H28O5. The summed E-state index contributed by atoms with van der Waals surface area (Å²) in [5.74, 6) is 0.683. The number of methoxy groups -OCH3 is 2. The molecule has 28 heavy (non-hydrogen) atoms. The summed E-state index contributed by atoms with van der Waals surface area (Å²) in [5, 5.41) is 9.76. The minimum atomic E-state index is -1.02. The molecule has 0 spiro atoms. The number of hydrogen-bond acceptors (Lipinski definition) is 4. The maximum atomic E-state index is 11.9. The predicted molar refractivity (Wildman–Crippen MR) is 111 cm³/mol. The highest BCUT2D eigenvalue weighted by atomic mass is 16.5. The first kappa shape index (κ1) is 21.4. The van der Waals surface area contributed by atoms with E-state index in [2.05, 4.69) is 6.92 Å². The Hall–Kier alpha value is -2.95. The third-order valence-electron chi connectivity index (χ3n) is 4.40. The molecule has 0 saturated heterocycles. The van der Waals surface area contributed by atoms with E-state index in [0.717, 1.165) is 18.4 Å². The molecule has 0 fully saturated rings. The first-order valence-electron chi connectivity index (χ1n) is 9.50. The molecule has 5 nitrogen and oxygen atoms in total. The first-order valence-corrected chi connectivity index (χ1v) is 9.50. The van der Waals surface area contributed by atoms with Crippen molar-refractivity contribution in [2.45, 2.75) is 32.6 Å². The Balaban J connectivity index is 2.31. The van der Waals surface area contributed by atoms with Gasteiger partial charge < -0.3 is 19.3 Å². The highest BCUT2D eigenvalue weighted by Gasteiger charge is 2.15. The number of unbranched alkanes of at least 4 members (excludes halogenated alkanes) is 3. The molecule has 0 radical (unpaired) electrons. The van der Waals surface area contributed by atoms with Gasteiger partial charge >= 0.3 is 5.97 Å². The summed E-state index contributed by atoms with van der Waals surface area (Å²) in [6.07, 6.45) is 6.10. The van der Waals surface area contributed by atoms with E-state index < -0.39 is 5.97 Å². The van der Waals surface area contributed by atoms with E-state index in [4.69, 9.17) is 14.2 Å². The fraction of sp³-hybridized carbons (Fsp3) is 0.348. The van der Waals surface area contributed by atoms with Crippen LogP contribution in [0.15, 0.2) is 42.5 Å².